The topological polar surface area (TPSA) is 12.0 Å². The van der Waals surface area contributed by atoms with Gasteiger partial charge in [0.1, 0.15) is 0 Å². The van der Waals surface area contributed by atoms with E-state index >= 15 is 0 Å². The maximum absolute atomic E-state index is 3.51. The van der Waals surface area contributed by atoms with Crippen molar-refractivity contribution in [3.8, 4) is 0 Å². The number of nitrogens with one attached hydrogen (secondary N) is 1. The molecule has 21 heavy (non-hydrogen) atoms. The maximum Gasteiger partial charge on any atom is 0.0358 e. The van der Waals surface area contributed by atoms with Crippen LogP contribution in [0.3, 0.4) is 0 Å². The molecule has 0 radical (unpaired) electrons. The molecule has 0 fully saturated rings. The molecule has 110 valence electrons. The first-order valence-corrected chi connectivity index (χ1v) is 8.03. The highest BCUT2D eigenvalue weighted by molar-refractivity contribution is 5.39. The zero-order valence-electron chi connectivity index (χ0n) is 13.4. The summed E-state index contributed by atoms with van der Waals surface area (Å²) in [5.74, 6) is 0. The molecule has 1 aliphatic carbocycles. The Bertz CT molecular complexity index is 622. The summed E-state index contributed by atoms with van der Waals surface area (Å²) in [7, 11) is 2.07. The minimum absolute atomic E-state index is 0.399. The van der Waals surface area contributed by atoms with Gasteiger partial charge >= 0.3 is 0 Å². The number of hydrogen-bond acceptors (Lipinski definition) is 1. The van der Waals surface area contributed by atoms with Crippen LogP contribution >= 0.6 is 0 Å². The van der Waals surface area contributed by atoms with Crippen molar-refractivity contribution < 1.29 is 0 Å². The van der Waals surface area contributed by atoms with Gasteiger partial charge in [0, 0.05) is 6.04 Å². The van der Waals surface area contributed by atoms with E-state index in [4.69, 9.17) is 0 Å². The van der Waals surface area contributed by atoms with Crippen molar-refractivity contribution in [2.45, 2.75) is 45.6 Å². The van der Waals surface area contributed by atoms with E-state index in [0.29, 0.717) is 6.04 Å². The normalized spacial score (nSPS) is 15.0. The monoisotopic (exact) mass is 279 g/mol. The van der Waals surface area contributed by atoms with Crippen LogP contribution in [0.2, 0.25) is 0 Å². The molecule has 1 atom stereocenters. The lowest BCUT2D eigenvalue weighted by Gasteiger charge is -2.20. The largest absolute Gasteiger partial charge is 0.313 e. The summed E-state index contributed by atoms with van der Waals surface area (Å²) in [6.45, 7) is 4.44. The van der Waals surface area contributed by atoms with Crippen LogP contribution in [0.5, 0.6) is 0 Å². The van der Waals surface area contributed by atoms with Gasteiger partial charge in [0.25, 0.3) is 0 Å². The van der Waals surface area contributed by atoms with Crippen molar-refractivity contribution in [3.05, 3.63) is 69.8 Å². The summed E-state index contributed by atoms with van der Waals surface area (Å²) in [4.78, 5) is 0. The highest BCUT2D eigenvalue weighted by atomic mass is 14.9. The highest BCUT2D eigenvalue weighted by Gasteiger charge is 2.16. The lowest BCUT2D eigenvalue weighted by Crippen LogP contribution is -2.20. The molecular formula is C20H25N. The Hall–Kier alpha value is -1.60. The van der Waals surface area contributed by atoms with Crippen LogP contribution in [0.4, 0.5) is 0 Å². The average Bonchev–Trinajstić information content (AvgIpc) is 2.94. The fraction of sp³-hybridized carbons (Fsp3) is 0.400. The lowest BCUT2D eigenvalue weighted by atomic mass is 9.92. The summed E-state index contributed by atoms with van der Waals surface area (Å²) in [6.07, 6.45) is 4.90. The standard InChI is InChI=1S/C20H25N/c1-14-6-4-7-15(2)19(14)13-20(21-3)18-11-10-16-8-5-9-17(16)12-18/h4,6-7,10-12,20-21H,5,8-9,13H2,1-3H3. The van der Waals surface area contributed by atoms with Crippen LogP contribution in [0.15, 0.2) is 36.4 Å². The predicted octanol–water partition coefficient (Wildman–Crippen LogP) is 4.30. The van der Waals surface area contributed by atoms with Crippen molar-refractivity contribution >= 4 is 0 Å². The van der Waals surface area contributed by atoms with Gasteiger partial charge < -0.3 is 5.32 Å². The first-order chi connectivity index (χ1) is 10.2. The summed E-state index contributed by atoms with van der Waals surface area (Å²) >= 11 is 0. The number of likely N-dealkylation sites (N-methyl/N-ethyl adjacent to an activating group) is 1. The van der Waals surface area contributed by atoms with E-state index in [2.05, 4.69) is 62.6 Å². The Balaban J connectivity index is 1.89. The summed E-state index contributed by atoms with van der Waals surface area (Å²) in [6, 6.07) is 14.1. The smallest absolute Gasteiger partial charge is 0.0358 e. The van der Waals surface area contributed by atoms with E-state index in [1.807, 2.05) is 0 Å². The Labute approximate surface area is 128 Å². The van der Waals surface area contributed by atoms with Gasteiger partial charge in [-0.15, -0.1) is 0 Å². The Morgan fingerprint density at radius 2 is 1.71 bits per heavy atom. The van der Waals surface area contributed by atoms with Crippen molar-refractivity contribution in [2.24, 2.45) is 0 Å². The molecule has 1 unspecified atom stereocenters. The molecule has 0 spiro atoms. The van der Waals surface area contributed by atoms with Crippen molar-refractivity contribution in [1.29, 1.82) is 0 Å². The first kappa shape index (κ1) is 14.3. The Morgan fingerprint density at radius 1 is 1.00 bits per heavy atom. The molecule has 0 saturated heterocycles. The van der Waals surface area contributed by atoms with Crippen molar-refractivity contribution in [3.63, 3.8) is 0 Å². The minimum Gasteiger partial charge on any atom is -0.313 e. The number of fused-ring (bicyclic) bond motifs is 1. The highest BCUT2D eigenvalue weighted by Crippen LogP contribution is 2.28. The Morgan fingerprint density at radius 3 is 2.43 bits per heavy atom. The van der Waals surface area contributed by atoms with E-state index in [9.17, 15) is 0 Å². The van der Waals surface area contributed by atoms with Gasteiger partial charge in [0.2, 0.25) is 0 Å². The van der Waals surface area contributed by atoms with E-state index in [1.165, 1.54) is 41.5 Å². The number of benzene rings is 2. The second kappa shape index (κ2) is 6.03. The molecule has 2 aromatic carbocycles. The second-order valence-corrected chi connectivity index (χ2v) is 6.30. The van der Waals surface area contributed by atoms with Crippen LogP contribution in [-0.4, -0.2) is 7.05 Å². The van der Waals surface area contributed by atoms with Crippen LogP contribution in [0.1, 0.15) is 45.8 Å². The summed E-state index contributed by atoms with van der Waals surface area (Å²) in [5.41, 5.74) is 8.83. The molecule has 1 N–H and O–H groups in total. The van der Waals surface area contributed by atoms with E-state index in [0.717, 1.165) is 6.42 Å². The summed E-state index contributed by atoms with van der Waals surface area (Å²) in [5, 5.41) is 3.51. The molecule has 1 aliphatic rings. The zero-order chi connectivity index (χ0) is 14.8. The third-order valence-electron chi connectivity index (χ3n) is 4.93. The molecular weight excluding hydrogens is 254 g/mol. The van der Waals surface area contributed by atoms with Crippen LogP contribution in [0, 0.1) is 13.8 Å². The maximum atomic E-state index is 3.51. The molecule has 1 nitrogen and oxygen atoms in total. The second-order valence-electron chi connectivity index (χ2n) is 6.30. The molecule has 0 amide bonds. The number of hydrogen-bond donors (Lipinski definition) is 1. The Kier molecular flexibility index (Phi) is 4.12. The molecule has 3 rings (SSSR count). The molecule has 0 aromatic heterocycles. The molecule has 1 heteroatoms. The number of rotatable bonds is 4. The lowest BCUT2D eigenvalue weighted by molar-refractivity contribution is 0.588. The van der Waals surface area contributed by atoms with E-state index in [1.54, 1.807) is 11.1 Å². The molecule has 0 heterocycles. The molecule has 0 bridgehead atoms. The van der Waals surface area contributed by atoms with Gasteiger partial charge in [0.05, 0.1) is 0 Å². The minimum atomic E-state index is 0.399. The van der Waals surface area contributed by atoms with Gasteiger partial charge in [-0.1, -0.05) is 36.4 Å². The first-order valence-electron chi connectivity index (χ1n) is 8.03. The van der Waals surface area contributed by atoms with Crippen molar-refractivity contribution in [1.82, 2.24) is 5.32 Å². The van der Waals surface area contributed by atoms with Gasteiger partial charge in [-0.25, -0.2) is 0 Å². The molecule has 2 aromatic rings. The third-order valence-corrected chi connectivity index (χ3v) is 4.93. The quantitative estimate of drug-likeness (QED) is 0.880. The summed E-state index contributed by atoms with van der Waals surface area (Å²) < 4.78 is 0. The van der Waals surface area contributed by atoms with E-state index < -0.39 is 0 Å². The van der Waals surface area contributed by atoms with Crippen LogP contribution in [-0.2, 0) is 19.3 Å². The third kappa shape index (κ3) is 2.89. The predicted molar refractivity (Wildman–Crippen MR) is 89.9 cm³/mol. The fourth-order valence-electron chi connectivity index (χ4n) is 3.57. The van der Waals surface area contributed by atoms with Gasteiger partial charge in [0.15, 0.2) is 0 Å². The molecule has 0 aliphatic heterocycles. The van der Waals surface area contributed by atoms with Crippen molar-refractivity contribution in [2.75, 3.05) is 7.05 Å². The molecule has 0 saturated carbocycles. The van der Waals surface area contributed by atoms with Crippen LogP contribution < -0.4 is 5.32 Å². The number of aryl methyl sites for hydroxylation is 4. The van der Waals surface area contributed by atoms with E-state index in [-0.39, 0.29) is 0 Å². The van der Waals surface area contributed by atoms with Gasteiger partial charge in [-0.3, -0.25) is 0 Å². The SMILES string of the molecule is CNC(Cc1c(C)cccc1C)c1ccc2c(c1)CCC2. The van der Waals surface area contributed by atoms with Crippen LogP contribution in [0.25, 0.3) is 0 Å². The fourth-order valence-corrected chi connectivity index (χ4v) is 3.57. The van der Waals surface area contributed by atoms with Gasteiger partial charge in [-0.2, -0.15) is 0 Å². The van der Waals surface area contributed by atoms with Gasteiger partial charge in [-0.05, 0) is 80.0 Å². The average molecular weight is 279 g/mol. The zero-order valence-corrected chi connectivity index (χ0v) is 13.4.